The van der Waals surface area contributed by atoms with Gasteiger partial charge in [-0.1, -0.05) is 12.1 Å². The summed E-state index contributed by atoms with van der Waals surface area (Å²) >= 11 is 0. The quantitative estimate of drug-likeness (QED) is 0.922. The van der Waals surface area contributed by atoms with E-state index in [2.05, 4.69) is 9.97 Å². The Morgan fingerprint density at radius 3 is 2.56 bits per heavy atom. The molecule has 5 nitrogen and oxygen atoms in total. The number of rotatable bonds is 3. The lowest BCUT2D eigenvalue weighted by molar-refractivity contribution is 0.586. The number of imidazole rings is 1. The van der Waals surface area contributed by atoms with Crippen molar-refractivity contribution in [1.29, 1.82) is 0 Å². The average molecular weight is 269 g/mol. The smallest absolute Gasteiger partial charge is 0.281 e. The number of para-hydroxylation sites is 1. The minimum Gasteiger partial charge on any atom is -0.332 e. The highest BCUT2D eigenvalue weighted by atomic mass is 32.2. The summed E-state index contributed by atoms with van der Waals surface area (Å²) < 4.78 is 38.8. The first kappa shape index (κ1) is 12.6. The second kappa shape index (κ2) is 4.41. The predicted molar refractivity (Wildman–Crippen MR) is 65.3 cm³/mol. The highest BCUT2D eigenvalue weighted by Crippen LogP contribution is 2.23. The van der Waals surface area contributed by atoms with Crippen molar-refractivity contribution in [1.82, 2.24) is 9.97 Å². The molecule has 0 aliphatic carbocycles. The first-order valence-corrected chi connectivity index (χ1v) is 6.62. The van der Waals surface area contributed by atoms with E-state index < -0.39 is 15.8 Å². The molecule has 0 saturated heterocycles. The van der Waals surface area contributed by atoms with Crippen LogP contribution in [-0.4, -0.2) is 25.4 Å². The van der Waals surface area contributed by atoms with E-state index in [1.165, 1.54) is 31.4 Å². The molecule has 0 spiro atoms. The van der Waals surface area contributed by atoms with Crippen LogP contribution in [0.5, 0.6) is 0 Å². The molecule has 1 heterocycles. The molecule has 96 valence electrons. The molecule has 2 rings (SSSR count). The number of H-pyrrole nitrogens is 1. The topological polar surface area (TPSA) is 66.1 Å². The van der Waals surface area contributed by atoms with Gasteiger partial charge in [-0.2, -0.15) is 8.42 Å². The molecule has 1 aromatic carbocycles. The number of halogens is 1. The van der Waals surface area contributed by atoms with Crippen LogP contribution in [0, 0.1) is 12.7 Å². The molecule has 7 heteroatoms. The molecule has 0 radical (unpaired) electrons. The molecule has 0 aliphatic rings. The van der Waals surface area contributed by atoms with Gasteiger partial charge in [0.2, 0.25) is 0 Å². The first-order valence-electron chi connectivity index (χ1n) is 5.18. The van der Waals surface area contributed by atoms with Crippen LogP contribution < -0.4 is 4.31 Å². The Morgan fingerprint density at radius 2 is 2.00 bits per heavy atom. The molecule has 2 aromatic rings. The van der Waals surface area contributed by atoms with E-state index in [4.69, 9.17) is 0 Å². The zero-order valence-electron chi connectivity index (χ0n) is 9.88. The van der Waals surface area contributed by atoms with E-state index in [1.807, 2.05) is 0 Å². The number of anilines is 1. The van der Waals surface area contributed by atoms with Gasteiger partial charge in [-0.05, 0) is 19.1 Å². The Morgan fingerprint density at radius 1 is 1.33 bits per heavy atom. The van der Waals surface area contributed by atoms with E-state index in [1.54, 1.807) is 13.0 Å². The van der Waals surface area contributed by atoms with Gasteiger partial charge in [0.05, 0.1) is 11.9 Å². The number of nitrogens with one attached hydrogen (secondary N) is 1. The van der Waals surface area contributed by atoms with Crippen molar-refractivity contribution in [2.75, 3.05) is 11.4 Å². The van der Waals surface area contributed by atoms with Crippen molar-refractivity contribution in [2.24, 2.45) is 0 Å². The van der Waals surface area contributed by atoms with Crippen molar-refractivity contribution in [3.63, 3.8) is 0 Å². The number of sulfonamides is 1. The van der Waals surface area contributed by atoms with Gasteiger partial charge < -0.3 is 4.98 Å². The highest BCUT2D eigenvalue weighted by molar-refractivity contribution is 7.92. The van der Waals surface area contributed by atoms with Crippen molar-refractivity contribution in [3.05, 3.63) is 42.1 Å². The van der Waals surface area contributed by atoms with E-state index in [9.17, 15) is 12.8 Å². The number of nitrogens with zero attached hydrogens (tertiary/aromatic N) is 2. The zero-order chi connectivity index (χ0) is 13.3. The molecule has 0 unspecified atom stereocenters. The molecule has 1 aromatic heterocycles. The largest absolute Gasteiger partial charge is 0.332 e. The third-order valence-corrected chi connectivity index (χ3v) is 4.19. The maximum absolute atomic E-state index is 13.6. The van der Waals surface area contributed by atoms with Crippen LogP contribution in [0.1, 0.15) is 5.82 Å². The lowest BCUT2D eigenvalue weighted by Gasteiger charge is -2.18. The van der Waals surface area contributed by atoms with Crippen LogP contribution in [0.3, 0.4) is 0 Å². The normalized spacial score (nSPS) is 11.5. The second-order valence-corrected chi connectivity index (χ2v) is 5.69. The Labute approximate surface area is 104 Å². The number of hydrogen-bond acceptors (Lipinski definition) is 3. The van der Waals surface area contributed by atoms with Crippen LogP contribution in [0.25, 0.3) is 0 Å². The fourth-order valence-corrected chi connectivity index (χ4v) is 2.68. The van der Waals surface area contributed by atoms with Crippen LogP contribution >= 0.6 is 0 Å². The molecule has 0 saturated carbocycles. The third kappa shape index (κ3) is 2.08. The molecule has 0 atom stereocenters. The van der Waals surface area contributed by atoms with Crippen LogP contribution in [0.2, 0.25) is 0 Å². The molecular formula is C11H12FN3O2S. The predicted octanol–water partition coefficient (Wildman–Crippen LogP) is 1.68. The fraction of sp³-hybridized carbons (Fsp3) is 0.182. The molecule has 0 bridgehead atoms. The lowest BCUT2D eigenvalue weighted by Crippen LogP contribution is -2.27. The molecule has 0 amide bonds. The summed E-state index contributed by atoms with van der Waals surface area (Å²) in [6, 6.07) is 5.68. The van der Waals surface area contributed by atoms with Gasteiger partial charge >= 0.3 is 0 Å². The van der Waals surface area contributed by atoms with Crippen molar-refractivity contribution in [3.8, 4) is 0 Å². The summed E-state index contributed by atoms with van der Waals surface area (Å²) in [5.74, 6) is -0.115. The monoisotopic (exact) mass is 269 g/mol. The molecular weight excluding hydrogens is 257 g/mol. The van der Waals surface area contributed by atoms with Gasteiger partial charge in [-0.25, -0.2) is 9.37 Å². The van der Waals surface area contributed by atoms with Crippen LogP contribution in [0.15, 0.2) is 35.5 Å². The summed E-state index contributed by atoms with van der Waals surface area (Å²) in [4.78, 5) is 6.45. The van der Waals surface area contributed by atoms with Gasteiger partial charge in [-0.15, -0.1) is 0 Å². The summed E-state index contributed by atoms with van der Waals surface area (Å²) in [6.07, 6.45) is 1.21. The summed E-state index contributed by atoms with van der Waals surface area (Å²) in [5, 5.41) is -0.0641. The standard InChI is InChI=1S/C11H12FN3O2S/c1-8-13-7-11(14-8)18(16,17)15(2)10-6-4-3-5-9(10)12/h3-7H,1-2H3,(H,13,14). The minimum absolute atomic E-state index is 0.00949. The van der Waals surface area contributed by atoms with E-state index in [-0.39, 0.29) is 10.7 Å². The van der Waals surface area contributed by atoms with E-state index >= 15 is 0 Å². The maximum atomic E-state index is 13.6. The van der Waals surface area contributed by atoms with Gasteiger partial charge in [0.15, 0.2) is 5.03 Å². The minimum atomic E-state index is -3.82. The summed E-state index contributed by atoms with van der Waals surface area (Å²) in [6.45, 7) is 1.64. The number of aromatic nitrogens is 2. The Hall–Kier alpha value is -1.89. The van der Waals surface area contributed by atoms with Gasteiger partial charge in [-0.3, -0.25) is 4.31 Å². The Balaban J connectivity index is 2.46. The molecule has 0 aliphatic heterocycles. The number of hydrogen-bond donors (Lipinski definition) is 1. The number of aromatic amines is 1. The first-order chi connectivity index (χ1) is 8.43. The van der Waals surface area contributed by atoms with Gasteiger partial charge in [0, 0.05) is 7.05 Å². The zero-order valence-corrected chi connectivity index (χ0v) is 10.7. The summed E-state index contributed by atoms with van der Waals surface area (Å²) in [5.41, 5.74) is -0.00949. The lowest BCUT2D eigenvalue weighted by atomic mass is 10.3. The SMILES string of the molecule is Cc1ncc(S(=O)(=O)N(C)c2ccccc2F)[nH]1. The average Bonchev–Trinajstić information content (AvgIpc) is 2.76. The van der Waals surface area contributed by atoms with Crippen molar-refractivity contribution >= 4 is 15.7 Å². The number of aryl methyl sites for hydroxylation is 1. The Bertz CT molecular complexity index is 666. The highest BCUT2D eigenvalue weighted by Gasteiger charge is 2.24. The Kier molecular flexibility index (Phi) is 3.08. The second-order valence-electron chi connectivity index (χ2n) is 3.76. The van der Waals surface area contributed by atoms with Gasteiger partial charge in [0.25, 0.3) is 10.0 Å². The molecule has 1 N–H and O–H groups in total. The van der Waals surface area contributed by atoms with Crippen molar-refractivity contribution < 1.29 is 12.8 Å². The number of benzene rings is 1. The third-order valence-electron chi connectivity index (χ3n) is 2.51. The van der Waals surface area contributed by atoms with E-state index in [0.29, 0.717) is 5.82 Å². The molecule has 0 fully saturated rings. The van der Waals surface area contributed by atoms with Crippen molar-refractivity contribution in [2.45, 2.75) is 11.9 Å². The maximum Gasteiger partial charge on any atom is 0.281 e. The molecule has 18 heavy (non-hydrogen) atoms. The van der Waals surface area contributed by atoms with Crippen LogP contribution in [0.4, 0.5) is 10.1 Å². The summed E-state index contributed by atoms with van der Waals surface area (Å²) in [7, 11) is -2.52. The van der Waals surface area contributed by atoms with Crippen LogP contribution in [-0.2, 0) is 10.0 Å². The fourth-order valence-electron chi connectivity index (χ4n) is 1.51. The van der Waals surface area contributed by atoms with E-state index in [0.717, 1.165) is 4.31 Å². The van der Waals surface area contributed by atoms with Gasteiger partial charge in [0.1, 0.15) is 11.6 Å².